The van der Waals surface area contributed by atoms with Crippen molar-refractivity contribution in [2.45, 2.75) is 24.8 Å². The molecule has 0 atom stereocenters. The first kappa shape index (κ1) is 19.5. The Kier molecular flexibility index (Phi) is 5.69. The van der Waals surface area contributed by atoms with Crippen molar-refractivity contribution >= 4 is 11.9 Å². The summed E-state index contributed by atoms with van der Waals surface area (Å²) in [4.78, 5) is 27.5. The van der Waals surface area contributed by atoms with Gasteiger partial charge in [-0.05, 0) is 30.5 Å². The van der Waals surface area contributed by atoms with E-state index in [1.165, 1.54) is 4.90 Å². The zero-order chi connectivity index (χ0) is 20.1. The Hall–Kier alpha value is -3.27. The Balaban J connectivity index is 1.55. The Morgan fingerprint density at radius 3 is 2.46 bits per heavy atom. The van der Waals surface area contributed by atoms with Crippen molar-refractivity contribution in [2.75, 3.05) is 27.2 Å². The predicted molar refractivity (Wildman–Crippen MR) is 104 cm³/mol. The maximum atomic E-state index is 12.5. The van der Waals surface area contributed by atoms with Crippen molar-refractivity contribution in [2.24, 2.45) is 0 Å². The minimum atomic E-state index is -0.541. The molecule has 2 aromatic rings. The molecular formula is C21H24N4O3. The van der Waals surface area contributed by atoms with Crippen LogP contribution >= 0.6 is 0 Å². The van der Waals surface area contributed by atoms with Crippen LogP contribution in [0.3, 0.4) is 0 Å². The van der Waals surface area contributed by atoms with E-state index < -0.39 is 5.41 Å². The molecule has 28 heavy (non-hydrogen) atoms. The van der Waals surface area contributed by atoms with Crippen LogP contribution in [-0.2, 0) is 12.0 Å². The fraction of sp³-hybridized carbons (Fsp3) is 0.381. The van der Waals surface area contributed by atoms with Crippen LogP contribution in [0.1, 0.15) is 34.7 Å². The van der Waals surface area contributed by atoms with Crippen LogP contribution in [0.15, 0.2) is 46.9 Å². The smallest absolute Gasteiger partial charge is 0.317 e. The van der Waals surface area contributed by atoms with Gasteiger partial charge in [0, 0.05) is 27.2 Å². The number of rotatable bonds is 4. The molecule has 0 unspecified atom stereocenters. The van der Waals surface area contributed by atoms with Crippen LogP contribution in [0.5, 0.6) is 0 Å². The van der Waals surface area contributed by atoms with Gasteiger partial charge >= 0.3 is 6.03 Å². The Morgan fingerprint density at radius 1 is 1.18 bits per heavy atom. The number of nitrogens with zero attached hydrogens (tertiary/aromatic N) is 3. The molecule has 0 saturated carbocycles. The van der Waals surface area contributed by atoms with E-state index in [2.05, 4.69) is 11.4 Å². The Morgan fingerprint density at radius 2 is 1.86 bits per heavy atom. The number of furan rings is 1. The molecule has 0 radical (unpaired) electrons. The highest BCUT2D eigenvalue weighted by atomic mass is 16.4. The van der Waals surface area contributed by atoms with Gasteiger partial charge in [-0.2, -0.15) is 5.26 Å². The largest absolute Gasteiger partial charge is 0.454 e. The molecule has 0 spiro atoms. The van der Waals surface area contributed by atoms with Crippen LogP contribution in [0.25, 0.3) is 0 Å². The van der Waals surface area contributed by atoms with E-state index in [9.17, 15) is 14.9 Å². The number of hydrogen-bond acceptors (Lipinski definition) is 4. The Labute approximate surface area is 164 Å². The highest BCUT2D eigenvalue weighted by Crippen LogP contribution is 2.34. The number of carbonyl (C=O) groups is 2. The van der Waals surface area contributed by atoms with Gasteiger partial charge in [0.1, 0.15) is 5.76 Å². The quantitative estimate of drug-likeness (QED) is 0.883. The van der Waals surface area contributed by atoms with Crippen molar-refractivity contribution in [1.82, 2.24) is 15.1 Å². The minimum absolute atomic E-state index is 0.198. The van der Waals surface area contributed by atoms with E-state index >= 15 is 0 Å². The van der Waals surface area contributed by atoms with Crippen LogP contribution in [0.2, 0.25) is 0 Å². The summed E-state index contributed by atoms with van der Waals surface area (Å²) in [6, 6.07) is 15.3. The van der Waals surface area contributed by atoms with Crippen LogP contribution in [0, 0.1) is 11.3 Å². The lowest BCUT2D eigenvalue weighted by molar-refractivity contribution is 0.0794. The van der Waals surface area contributed by atoms with E-state index in [-0.39, 0.29) is 24.2 Å². The second kappa shape index (κ2) is 8.17. The molecule has 3 rings (SSSR count). The van der Waals surface area contributed by atoms with Crippen molar-refractivity contribution in [1.29, 1.82) is 5.26 Å². The summed E-state index contributed by atoms with van der Waals surface area (Å²) < 4.78 is 5.49. The molecule has 1 aliphatic rings. The summed E-state index contributed by atoms with van der Waals surface area (Å²) in [6.45, 7) is 1.23. The number of piperidine rings is 1. The van der Waals surface area contributed by atoms with Crippen LogP contribution in [-0.4, -0.2) is 48.9 Å². The standard InChI is InChI=1S/C21H24N4O3/c1-24(2)19(26)18-9-8-17(28-18)14-23-20(27)25-12-10-21(15-22,11-13-25)16-6-4-3-5-7-16/h3-9H,10-14H2,1-2H3,(H,23,27). The third-order valence-electron chi connectivity index (χ3n) is 5.14. The van der Waals surface area contributed by atoms with Crippen molar-refractivity contribution in [3.05, 3.63) is 59.5 Å². The van der Waals surface area contributed by atoms with Crippen molar-refractivity contribution in [3.63, 3.8) is 0 Å². The summed E-state index contributed by atoms with van der Waals surface area (Å²) in [5.41, 5.74) is 0.465. The molecule has 1 aromatic heterocycles. The first-order valence-corrected chi connectivity index (χ1v) is 9.25. The minimum Gasteiger partial charge on any atom is -0.454 e. The number of nitriles is 1. The van der Waals surface area contributed by atoms with Gasteiger partial charge < -0.3 is 19.5 Å². The van der Waals surface area contributed by atoms with Gasteiger partial charge in [-0.15, -0.1) is 0 Å². The van der Waals surface area contributed by atoms with E-state index in [4.69, 9.17) is 4.42 Å². The normalized spacial score (nSPS) is 15.5. The predicted octanol–water partition coefficient (Wildman–Crippen LogP) is 2.75. The summed E-state index contributed by atoms with van der Waals surface area (Å²) in [5, 5.41) is 12.6. The molecular weight excluding hydrogens is 356 g/mol. The molecule has 0 aliphatic carbocycles. The van der Waals surface area contributed by atoms with E-state index in [0.29, 0.717) is 31.7 Å². The summed E-state index contributed by atoms with van der Waals surface area (Å²) >= 11 is 0. The van der Waals surface area contributed by atoms with E-state index in [0.717, 1.165) is 5.56 Å². The zero-order valence-corrected chi connectivity index (χ0v) is 16.1. The highest BCUT2D eigenvalue weighted by Gasteiger charge is 2.37. The van der Waals surface area contributed by atoms with E-state index in [1.54, 1.807) is 31.1 Å². The topological polar surface area (TPSA) is 89.6 Å². The second-order valence-electron chi connectivity index (χ2n) is 7.17. The van der Waals surface area contributed by atoms with Gasteiger partial charge in [0.25, 0.3) is 5.91 Å². The molecule has 1 aromatic carbocycles. The zero-order valence-electron chi connectivity index (χ0n) is 16.1. The number of nitrogens with one attached hydrogen (secondary N) is 1. The number of urea groups is 1. The molecule has 7 nitrogen and oxygen atoms in total. The van der Waals surface area contributed by atoms with Crippen LogP contribution < -0.4 is 5.32 Å². The fourth-order valence-electron chi connectivity index (χ4n) is 3.40. The van der Waals surface area contributed by atoms with Gasteiger partial charge in [0.05, 0.1) is 18.0 Å². The maximum Gasteiger partial charge on any atom is 0.317 e. The number of carbonyl (C=O) groups excluding carboxylic acids is 2. The lowest BCUT2D eigenvalue weighted by Gasteiger charge is -2.37. The van der Waals surface area contributed by atoms with Gasteiger partial charge in [0.15, 0.2) is 5.76 Å². The second-order valence-corrected chi connectivity index (χ2v) is 7.17. The first-order valence-electron chi connectivity index (χ1n) is 9.25. The number of amides is 3. The molecule has 0 bridgehead atoms. The summed E-state index contributed by atoms with van der Waals surface area (Å²) in [5.74, 6) is 0.544. The molecule has 3 amide bonds. The molecule has 1 fully saturated rings. The molecule has 1 N–H and O–H groups in total. The summed E-state index contributed by atoms with van der Waals surface area (Å²) in [7, 11) is 3.30. The number of benzene rings is 1. The summed E-state index contributed by atoms with van der Waals surface area (Å²) in [6.07, 6.45) is 1.20. The number of likely N-dealkylation sites (tertiary alicyclic amines) is 1. The average molecular weight is 380 g/mol. The molecule has 1 aliphatic heterocycles. The molecule has 2 heterocycles. The maximum absolute atomic E-state index is 12.5. The van der Waals surface area contributed by atoms with Crippen molar-refractivity contribution in [3.8, 4) is 6.07 Å². The monoisotopic (exact) mass is 380 g/mol. The fourth-order valence-corrected chi connectivity index (χ4v) is 3.40. The molecule has 1 saturated heterocycles. The van der Waals surface area contributed by atoms with Gasteiger partial charge in [-0.1, -0.05) is 30.3 Å². The third kappa shape index (κ3) is 4.01. The van der Waals surface area contributed by atoms with Gasteiger partial charge in [-0.3, -0.25) is 4.79 Å². The molecule has 7 heteroatoms. The van der Waals surface area contributed by atoms with Gasteiger partial charge in [0.2, 0.25) is 0 Å². The average Bonchev–Trinajstić information content (AvgIpc) is 3.21. The highest BCUT2D eigenvalue weighted by molar-refractivity contribution is 5.91. The number of hydrogen-bond donors (Lipinski definition) is 1. The lowest BCUT2D eigenvalue weighted by Crippen LogP contribution is -2.48. The Bertz CT molecular complexity index is 875. The van der Waals surface area contributed by atoms with Crippen LogP contribution in [0.4, 0.5) is 4.79 Å². The first-order chi connectivity index (χ1) is 13.4. The van der Waals surface area contributed by atoms with E-state index in [1.807, 2.05) is 30.3 Å². The third-order valence-corrected chi connectivity index (χ3v) is 5.14. The molecule has 146 valence electrons. The van der Waals surface area contributed by atoms with Gasteiger partial charge in [-0.25, -0.2) is 4.79 Å². The lowest BCUT2D eigenvalue weighted by atomic mass is 9.74. The SMILES string of the molecule is CN(C)C(=O)c1ccc(CNC(=O)N2CCC(C#N)(c3ccccc3)CC2)o1. The van der Waals surface area contributed by atoms with Crippen molar-refractivity contribution < 1.29 is 14.0 Å².